The van der Waals surface area contributed by atoms with Gasteiger partial charge in [-0.05, 0) is 18.9 Å². The third kappa shape index (κ3) is 3.68. The van der Waals surface area contributed by atoms with Gasteiger partial charge in [-0.25, -0.2) is 0 Å². The molecule has 0 aliphatic carbocycles. The van der Waals surface area contributed by atoms with Crippen LogP contribution in [-0.2, 0) is 0 Å². The van der Waals surface area contributed by atoms with Crippen LogP contribution in [0.4, 0.5) is 11.4 Å². The number of hydrogen-bond donors (Lipinski definition) is 1. The van der Waals surface area contributed by atoms with Gasteiger partial charge in [0.2, 0.25) is 0 Å². The maximum atomic E-state index is 10.7. The Balaban J connectivity index is 2.03. The number of nitrogens with zero attached hydrogens (tertiary/aromatic N) is 4. The van der Waals surface area contributed by atoms with Gasteiger partial charge in [0.25, 0.3) is 5.69 Å². The summed E-state index contributed by atoms with van der Waals surface area (Å²) in [6.07, 6.45) is 1.76. The molecule has 2 rings (SSSR count). The van der Waals surface area contributed by atoms with E-state index in [1.54, 1.807) is 6.07 Å². The smallest absolute Gasteiger partial charge is 0.270 e. The van der Waals surface area contributed by atoms with Gasteiger partial charge in [-0.3, -0.25) is 15.0 Å². The minimum Gasteiger partial charge on any atom is -0.381 e. The number of piperidine rings is 1. The number of nitro benzene ring substituents is 1. The zero-order chi connectivity index (χ0) is 15.2. The van der Waals surface area contributed by atoms with Crippen molar-refractivity contribution < 1.29 is 4.92 Å². The van der Waals surface area contributed by atoms with Crippen molar-refractivity contribution in [2.45, 2.75) is 18.9 Å². The fraction of sp³-hybridized carbons (Fsp3) is 0.429. The van der Waals surface area contributed by atoms with Gasteiger partial charge >= 0.3 is 0 Å². The van der Waals surface area contributed by atoms with Crippen molar-refractivity contribution in [1.82, 2.24) is 4.90 Å². The van der Waals surface area contributed by atoms with Gasteiger partial charge in [0.1, 0.15) is 6.07 Å². The molecular formula is C14H15N5O2. The average molecular weight is 285 g/mol. The highest BCUT2D eigenvalue weighted by atomic mass is 16.6. The van der Waals surface area contributed by atoms with E-state index >= 15 is 0 Å². The minimum absolute atomic E-state index is 0.0825. The Kier molecular flexibility index (Phi) is 4.70. The fourth-order valence-corrected chi connectivity index (χ4v) is 2.42. The van der Waals surface area contributed by atoms with Crippen LogP contribution in [0.3, 0.4) is 0 Å². The first kappa shape index (κ1) is 14.8. The van der Waals surface area contributed by atoms with Crippen molar-refractivity contribution in [1.29, 1.82) is 10.5 Å². The molecule has 21 heavy (non-hydrogen) atoms. The van der Waals surface area contributed by atoms with E-state index in [0.29, 0.717) is 12.2 Å². The van der Waals surface area contributed by atoms with Gasteiger partial charge in [0, 0.05) is 31.3 Å². The Morgan fingerprint density at radius 2 is 2.10 bits per heavy atom. The van der Waals surface area contributed by atoms with E-state index < -0.39 is 4.92 Å². The van der Waals surface area contributed by atoms with E-state index in [1.807, 2.05) is 6.07 Å². The molecule has 0 radical (unpaired) electrons. The highest BCUT2D eigenvalue weighted by molar-refractivity contribution is 5.61. The van der Waals surface area contributed by atoms with E-state index in [1.165, 1.54) is 12.1 Å². The summed E-state index contributed by atoms with van der Waals surface area (Å²) in [5.41, 5.74) is 0.825. The maximum absolute atomic E-state index is 10.7. The van der Waals surface area contributed by atoms with Crippen molar-refractivity contribution in [3.05, 3.63) is 33.9 Å². The van der Waals surface area contributed by atoms with Crippen LogP contribution >= 0.6 is 0 Å². The van der Waals surface area contributed by atoms with Gasteiger partial charge in [-0.1, -0.05) is 0 Å². The summed E-state index contributed by atoms with van der Waals surface area (Å²) >= 11 is 0. The Labute approximate surface area is 122 Å². The second-order valence-corrected chi connectivity index (χ2v) is 4.95. The predicted octanol–water partition coefficient (Wildman–Crippen LogP) is 1.87. The van der Waals surface area contributed by atoms with Gasteiger partial charge in [0.15, 0.2) is 0 Å². The van der Waals surface area contributed by atoms with Crippen molar-refractivity contribution >= 4 is 11.4 Å². The van der Waals surface area contributed by atoms with Crippen molar-refractivity contribution in [2.75, 3.05) is 25.0 Å². The van der Waals surface area contributed by atoms with Gasteiger partial charge in [-0.15, -0.1) is 0 Å². The lowest BCUT2D eigenvalue weighted by Gasteiger charge is -2.31. The zero-order valence-electron chi connectivity index (χ0n) is 11.5. The molecule has 0 spiro atoms. The summed E-state index contributed by atoms with van der Waals surface area (Å²) < 4.78 is 0. The zero-order valence-corrected chi connectivity index (χ0v) is 11.5. The molecule has 0 atom stereocenters. The van der Waals surface area contributed by atoms with Crippen LogP contribution in [0.15, 0.2) is 18.2 Å². The maximum Gasteiger partial charge on any atom is 0.270 e. The Morgan fingerprint density at radius 3 is 2.67 bits per heavy atom. The molecule has 0 saturated carbocycles. The summed E-state index contributed by atoms with van der Waals surface area (Å²) in [5, 5.41) is 31.8. The first-order valence-electron chi connectivity index (χ1n) is 6.68. The first-order chi connectivity index (χ1) is 10.1. The number of benzene rings is 1. The van der Waals surface area contributed by atoms with Crippen LogP contribution in [-0.4, -0.2) is 35.5 Å². The molecule has 0 aromatic heterocycles. The number of nitro groups is 1. The standard InChI is InChI=1S/C14H15N5O2/c15-5-8-18-6-3-12(4-7-18)17-14-2-1-13(19(20)21)9-11(14)10-16/h1-2,9,12,17H,3-4,6-8H2. The molecule has 1 saturated heterocycles. The topological polar surface area (TPSA) is 106 Å². The van der Waals surface area contributed by atoms with E-state index in [2.05, 4.69) is 16.3 Å². The molecule has 108 valence electrons. The second-order valence-electron chi connectivity index (χ2n) is 4.95. The highest BCUT2D eigenvalue weighted by Crippen LogP contribution is 2.24. The molecule has 7 heteroatoms. The number of nitriles is 2. The normalized spacial score (nSPS) is 15.9. The average Bonchev–Trinajstić information content (AvgIpc) is 2.49. The molecule has 0 amide bonds. The van der Waals surface area contributed by atoms with Gasteiger partial charge in [0.05, 0.1) is 28.8 Å². The molecular weight excluding hydrogens is 270 g/mol. The van der Waals surface area contributed by atoms with Crippen molar-refractivity contribution in [3.63, 3.8) is 0 Å². The van der Waals surface area contributed by atoms with E-state index in [9.17, 15) is 10.1 Å². The molecule has 1 fully saturated rings. The largest absolute Gasteiger partial charge is 0.381 e. The lowest BCUT2D eigenvalue weighted by molar-refractivity contribution is -0.384. The van der Waals surface area contributed by atoms with Gasteiger partial charge < -0.3 is 5.32 Å². The van der Waals surface area contributed by atoms with Crippen molar-refractivity contribution in [3.8, 4) is 12.1 Å². The lowest BCUT2D eigenvalue weighted by atomic mass is 10.0. The molecule has 1 heterocycles. The summed E-state index contributed by atoms with van der Waals surface area (Å²) in [7, 11) is 0. The first-order valence-corrected chi connectivity index (χ1v) is 6.68. The number of anilines is 1. The molecule has 1 aliphatic heterocycles. The Morgan fingerprint density at radius 1 is 1.38 bits per heavy atom. The third-order valence-corrected chi connectivity index (χ3v) is 3.58. The predicted molar refractivity (Wildman–Crippen MR) is 76.5 cm³/mol. The molecule has 1 N–H and O–H groups in total. The highest BCUT2D eigenvalue weighted by Gasteiger charge is 2.20. The molecule has 0 unspecified atom stereocenters. The van der Waals surface area contributed by atoms with E-state index in [4.69, 9.17) is 10.5 Å². The minimum atomic E-state index is -0.509. The monoisotopic (exact) mass is 285 g/mol. The van der Waals surface area contributed by atoms with Crippen LogP contribution < -0.4 is 5.32 Å². The van der Waals surface area contributed by atoms with Crippen LogP contribution in [0.25, 0.3) is 0 Å². The summed E-state index contributed by atoms with van der Waals surface area (Å²) in [6, 6.07) is 8.60. The Bertz CT molecular complexity index is 609. The van der Waals surface area contributed by atoms with E-state index in [0.717, 1.165) is 25.9 Å². The molecule has 1 aromatic carbocycles. The lowest BCUT2D eigenvalue weighted by Crippen LogP contribution is -2.39. The van der Waals surface area contributed by atoms with E-state index in [-0.39, 0.29) is 17.3 Å². The second kappa shape index (κ2) is 6.69. The van der Waals surface area contributed by atoms with Gasteiger partial charge in [-0.2, -0.15) is 10.5 Å². The van der Waals surface area contributed by atoms with Crippen LogP contribution in [0, 0.1) is 32.8 Å². The molecule has 7 nitrogen and oxygen atoms in total. The number of non-ortho nitro benzene ring substituents is 1. The molecule has 1 aliphatic rings. The summed E-state index contributed by atoms with van der Waals surface area (Å²) in [4.78, 5) is 12.3. The quantitative estimate of drug-likeness (QED) is 0.514. The summed E-state index contributed by atoms with van der Waals surface area (Å²) in [5.74, 6) is 0. The third-order valence-electron chi connectivity index (χ3n) is 3.58. The van der Waals surface area contributed by atoms with Crippen LogP contribution in [0.5, 0.6) is 0 Å². The number of likely N-dealkylation sites (tertiary alicyclic amines) is 1. The van der Waals surface area contributed by atoms with Crippen LogP contribution in [0.2, 0.25) is 0 Å². The number of hydrogen-bond acceptors (Lipinski definition) is 6. The van der Waals surface area contributed by atoms with Crippen molar-refractivity contribution in [2.24, 2.45) is 0 Å². The molecule has 0 bridgehead atoms. The number of rotatable bonds is 4. The Hall–Kier alpha value is -2.64. The molecule has 1 aromatic rings. The number of nitrogens with one attached hydrogen (secondary N) is 1. The summed E-state index contributed by atoms with van der Waals surface area (Å²) in [6.45, 7) is 2.11. The fourth-order valence-electron chi connectivity index (χ4n) is 2.42. The SMILES string of the molecule is N#CCN1CCC(Nc2ccc([N+](=O)[O-])cc2C#N)CC1. The van der Waals surface area contributed by atoms with Crippen LogP contribution in [0.1, 0.15) is 18.4 Å².